The summed E-state index contributed by atoms with van der Waals surface area (Å²) in [5.74, 6) is 0.809. The number of rotatable bonds is 6. The summed E-state index contributed by atoms with van der Waals surface area (Å²) in [6.45, 7) is 5.02. The van der Waals surface area contributed by atoms with Crippen molar-refractivity contribution in [1.29, 1.82) is 0 Å². The topological polar surface area (TPSA) is 41.6 Å². The highest BCUT2D eigenvalue weighted by Crippen LogP contribution is 2.19. The number of carbonyl (C=O) groups is 1. The maximum Gasteiger partial charge on any atom is 0.317 e. The Morgan fingerprint density at radius 1 is 1.25 bits per heavy atom. The van der Waals surface area contributed by atoms with Crippen LogP contribution in [0.15, 0.2) is 48.5 Å². The molecule has 0 aliphatic rings. The van der Waals surface area contributed by atoms with E-state index in [9.17, 15) is 4.79 Å². The highest BCUT2D eigenvalue weighted by atomic mass is 35.5. The van der Waals surface area contributed by atoms with Crippen LogP contribution in [0.3, 0.4) is 0 Å². The van der Waals surface area contributed by atoms with Gasteiger partial charge in [0.25, 0.3) is 0 Å². The number of benzene rings is 2. The van der Waals surface area contributed by atoms with Crippen molar-refractivity contribution in [3.63, 3.8) is 0 Å². The molecule has 0 heterocycles. The lowest BCUT2D eigenvalue weighted by Gasteiger charge is -2.22. The maximum atomic E-state index is 12.4. The van der Waals surface area contributed by atoms with Gasteiger partial charge in [0.2, 0.25) is 0 Å². The second kappa shape index (κ2) is 8.60. The van der Waals surface area contributed by atoms with E-state index >= 15 is 0 Å². The van der Waals surface area contributed by atoms with Crippen LogP contribution in [-0.2, 0) is 6.54 Å². The Labute approximate surface area is 148 Å². The van der Waals surface area contributed by atoms with Gasteiger partial charge < -0.3 is 15.0 Å². The normalized spacial score (nSPS) is 11.7. The molecule has 0 spiro atoms. The van der Waals surface area contributed by atoms with Crippen LogP contribution in [0.25, 0.3) is 0 Å². The highest BCUT2D eigenvalue weighted by Gasteiger charge is 2.14. The van der Waals surface area contributed by atoms with E-state index in [1.54, 1.807) is 11.9 Å². The summed E-state index contributed by atoms with van der Waals surface area (Å²) in [6, 6.07) is 15.0. The maximum absolute atomic E-state index is 12.4. The van der Waals surface area contributed by atoms with Crippen LogP contribution in [0.5, 0.6) is 5.75 Å². The number of hydrogen-bond donors (Lipinski definition) is 1. The molecular formula is C19H23ClN2O2. The number of nitrogens with zero attached hydrogens (tertiary/aromatic N) is 1. The van der Waals surface area contributed by atoms with E-state index < -0.39 is 0 Å². The molecule has 4 nitrogen and oxygen atoms in total. The number of amides is 2. The minimum Gasteiger partial charge on any atom is -0.494 e. The van der Waals surface area contributed by atoms with E-state index in [4.69, 9.17) is 16.3 Å². The van der Waals surface area contributed by atoms with Crippen molar-refractivity contribution in [2.75, 3.05) is 13.7 Å². The molecule has 2 rings (SSSR count). The van der Waals surface area contributed by atoms with Crippen molar-refractivity contribution >= 4 is 17.6 Å². The molecule has 0 bridgehead atoms. The SMILES string of the molecule is CCOc1cccc(C(C)NC(=O)N(C)Cc2cccc(Cl)c2)c1. The largest absolute Gasteiger partial charge is 0.494 e. The monoisotopic (exact) mass is 346 g/mol. The fourth-order valence-corrected chi connectivity index (χ4v) is 2.61. The van der Waals surface area contributed by atoms with E-state index in [2.05, 4.69) is 5.32 Å². The highest BCUT2D eigenvalue weighted by molar-refractivity contribution is 6.30. The number of urea groups is 1. The van der Waals surface area contributed by atoms with Gasteiger partial charge in [0.1, 0.15) is 5.75 Å². The van der Waals surface area contributed by atoms with Crippen LogP contribution >= 0.6 is 11.6 Å². The van der Waals surface area contributed by atoms with E-state index in [0.29, 0.717) is 18.2 Å². The summed E-state index contributed by atoms with van der Waals surface area (Å²) < 4.78 is 5.50. The molecule has 1 atom stereocenters. The van der Waals surface area contributed by atoms with E-state index in [-0.39, 0.29) is 12.1 Å². The first kappa shape index (κ1) is 18.1. The van der Waals surface area contributed by atoms with E-state index in [1.165, 1.54) is 0 Å². The molecule has 5 heteroatoms. The van der Waals surface area contributed by atoms with Crippen molar-refractivity contribution in [3.05, 3.63) is 64.7 Å². The molecule has 0 saturated carbocycles. The Hall–Kier alpha value is -2.20. The minimum absolute atomic E-state index is 0.111. The van der Waals surface area contributed by atoms with Crippen LogP contribution in [-0.4, -0.2) is 24.6 Å². The number of nitrogens with one attached hydrogen (secondary N) is 1. The number of ether oxygens (including phenoxy) is 1. The van der Waals surface area contributed by atoms with E-state index in [0.717, 1.165) is 16.9 Å². The van der Waals surface area contributed by atoms with Gasteiger partial charge in [-0.3, -0.25) is 0 Å². The first-order valence-electron chi connectivity index (χ1n) is 7.98. The number of carbonyl (C=O) groups excluding carboxylic acids is 1. The first-order valence-corrected chi connectivity index (χ1v) is 8.36. The third-order valence-corrected chi connectivity index (χ3v) is 3.90. The van der Waals surface area contributed by atoms with Gasteiger partial charge in [-0.05, 0) is 49.2 Å². The molecule has 0 saturated heterocycles. The Kier molecular flexibility index (Phi) is 6.50. The summed E-state index contributed by atoms with van der Waals surface area (Å²) in [5, 5.41) is 3.67. The summed E-state index contributed by atoms with van der Waals surface area (Å²) in [7, 11) is 1.76. The lowest BCUT2D eigenvalue weighted by molar-refractivity contribution is 0.203. The molecular weight excluding hydrogens is 324 g/mol. The Morgan fingerprint density at radius 2 is 2.00 bits per heavy atom. The Morgan fingerprint density at radius 3 is 2.71 bits per heavy atom. The molecule has 1 unspecified atom stereocenters. The fourth-order valence-electron chi connectivity index (χ4n) is 2.40. The molecule has 1 N–H and O–H groups in total. The summed E-state index contributed by atoms with van der Waals surface area (Å²) in [6.07, 6.45) is 0. The zero-order valence-corrected chi connectivity index (χ0v) is 15.0. The van der Waals surface area contributed by atoms with Gasteiger partial charge in [0, 0.05) is 18.6 Å². The molecule has 2 aromatic rings. The third-order valence-electron chi connectivity index (χ3n) is 3.66. The van der Waals surface area contributed by atoms with Crippen molar-refractivity contribution in [3.8, 4) is 5.75 Å². The second-order valence-electron chi connectivity index (χ2n) is 5.66. The summed E-state index contributed by atoms with van der Waals surface area (Å²) in [4.78, 5) is 14.0. The minimum atomic E-state index is -0.135. The van der Waals surface area contributed by atoms with Gasteiger partial charge in [-0.15, -0.1) is 0 Å². The summed E-state index contributed by atoms with van der Waals surface area (Å²) >= 11 is 5.98. The van der Waals surface area contributed by atoms with E-state index in [1.807, 2.05) is 62.4 Å². The summed E-state index contributed by atoms with van der Waals surface area (Å²) in [5.41, 5.74) is 2.00. The average molecular weight is 347 g/mol. The second-order valence-corrected chi connectivity index (χ2v) is 6.10. The standard InChI is InChI=1S/C19H23ClN2O2/c1-4-24-18-10-6-8-16(12-18)14(2)21-19(23)22(3)13-15-7-5-9-17(20)11-15/h5-12,14H,4,13H2,1-3H3,(H,21,23). The molecule has 0 aromatic heterocycles. The zero-order valence-electron chi connectivity index (χ0n) is 14.3. The molecule has 128 valence electrons. The fraction of sp³-hybridized carbons (Fsp3) is 0.316. The molecule has 0 aliphatic heterocycles. The number of halogens is 1. The van der Waals surface area contributed by atoms with Crippen molar-refractivity contribution in [2.45, 2.75) is 26.4 Å². The van der Waals surface area contributed by atoms with Crippen molar-refractivity contribution < 1.29 is 9.53 Å². The van der Waals surface area contributed by atoms with Gasteiger partial charge in [0.15, 0.2) is 0 Å². The molecule has 2 amide bonds. The molecule has 0 radical (unpaired) electrons. The van der Waals surface area contributed by atoms with Gasteiger partial charge in [-0.1, -0.05) is 35.9 Å². The van der Waals surface area contributed by atoms with Crippen molar-refractivity contribution in [1.82, 2.24) is 10.2 Å². The van der Waals surface area contributed by atoms with Gasteiger partial charge in [-0.25, -0.2) is 4.79 Å². The van der Waals surface area contributed by atoms with Gasteiger partial charge in [-0.2, -0.15) is 0 Å². The lowest BCUT2D eigenvalue weighted by atomic mass is 10.1. The number of hydrogen-bond acceptors (Lipinski definition) is 2. The van der Waals surface area contributed by atoms with Gasteiger partial charge >= 0.3 is 6.03 Å². The van der Waals surface area contributed by atoms with Gasteiger partial charge in [0.05, 0.1) is 12.6 Å². The first-order chi connectivity index (χ1) is 11.5. The van der Waals surface area contributed by atoms with Crippen LogP contribution in [0.2, 0.25) is 5.02 Å². The van der Waals surface area contributed by atoms with Crippen LogP contribution < -0.4 is 10.1 Å². The predicted octanol–water partition coefficient (Wildman–Crippen LogP) is 4.64. The van der Waals surface area contributed by atoms with Crippen LogP contribution in [0.4, 0.5) is 4.79 Å². The molecule has 24 heavy (non-hydrogen) atoms. The zero-order chi connectivity index (χ0) is 17.5. The molecule has 0 fully saturated rings. The molecule has 2 aromatic carbocycles. The molecule has 0 aliphatic carbocycles. The Balaban J connectivity index is 1.96. The predicted molar refractivity (Wildman–Crippen MR) is 97.5 cm³/mol. The van der Waals surface area contributed by atoms with Crippen molar-refractivity contribution in [2.24, 2.45) is 0 Å². The lowest BCUT2D eigenvalue weighted by Crippen LogP contribution is -2.38. The average Bonchev–Trinajstić information content (AvgIpc) is 2.55. The third kappa shape index (κ3) is 5.17. The quantitative estimate of drug-likeness (QED) is 0.827. The Bertz CT molecular complexity index is 691. The van der Waals surface area contributed by atoms with Crippen LogP contribution in [0.1, 0.15) is 31.0 Å². The van der Waals surface area contributed by atoms with Crippen LogP contribution in [0, 0.1) is 0 Å². The smallest absolute Gasteiger partial charge is 0.317 e.